The van der Waals surface area contributed by atoms with Crippen molar-refractivity contribution in [2.45, 2.75) is 26.3 Å². The number of H-pyrrole nitrogens is 1. The summed E-state index contributed by atoms with van der Waals surface area (Å²) in [6.45, 7) is 3.14. The van der Waals surface area contributed by atoms with E-state index in [9.17, 15) is 0 Å². The number of para-hydroxylation sites is 2. The Hall–Kier alpha value is -2.15. The van der Waals surface area contributed by atoms with Gasteiger partial charge in [-0.15, -0.1) is 10.2 Å². The second-order valence-corrected chi connectivity index (χ2v) is 5.26. The minimum Gasteiger partial charge on any atom is -0.308 e. The first kappa shape index (κ1) is 11.7. The maximum atomic E-state index is 5.21. The summed E-state index contributed by atoms with van der Waals surface area (Å²) in [6, 6.07) is 8.29. The van der Waals surface area contributed by atoms with Gasteiger partial charge in [-0.3, -0.25) is 0 Å². The van der Waals surface area contributed by atoms with Gasteiger partial charge in [-0.2, -0.15) is 4.52 Å². The summed E-state index contributed by atoms with van der Waals surface area (Å²) in [6.07, 6.45) is 2.27. The van der Waals surface area contributed by atoms with Gasteiger partial charge in [0.1, 0.15) is 0 Å². The first-order valence-corrected chi connectivity index (χ1v) is 7.15. The van der Waals surface area contributed by atoms with Crippen molar-refractivity contribution in [3.8, 4) is 0 Å². The van der Waals surface area contributed by atoms with Gasteiger partial charge in [0.05, 0.1) is 11.0 Å². The molecule has 7 heteroatoms. The van der Waals surface area contributed by atoms with Gasteiger partial charge in [-0.25, -0.2) is 9.50 Å². The fraction of sp³-hybridized carbons (Fsp3) is 0.308. The predicted molar refractivity (Wildman–Crippen MR) is 79.5 cm³/mol. The quantitative estimate of drug-likeness (QED) is 0.589. The molecule has 0 amide bonds. The molecule has 20 heavy (non-hydrogen) atoms. The molecule has 102 valence electrons. The van der Waals surface area contributed by atoms with Crippen LogP contribution in [0.3, 0.4) is 0 Å². The Morgan fingerprint density at radius 2 is 2.00 bits per heavy atom. The molecule has 0 fully saturated rings. The highest BCUT2D eigenvalue weighted by atomic mass is 32.1. The molecule has 0 aliphatic rings. The van der Waals surface area contributed by atoms with Crippen molar-refractivity contribution >= 4 is 34.8 Å². The fourth-order valence-corrected chi connectivity index (χ4v) is 2.83. The fourth-order valence-electron chi connectivity index (χ4n) is 2.66. The topological polar surface area (TPSA) is 55.3 Å². The van der Waals surface area contributed by atoms with Crippen LogP contribution in [-0.4, -0.2) is 28.8 Å². The molecular formula is C13H14N6S. The molecule has 0 aliphatic carbocycles. The Morgan fingerprint density at radius 1 is 1.20 bits per heavy atom. The number of hydrogen-bond acceptors (Lipinski definition) is 3. The molecule has 6 nitrogen and oxygen atoms in total. The maximum Gasteiger partial charge on any atom is 0.258 e. The van der Waals surface area contributed by atoms with Crippen molar-refractivity contribution in [1.29, 1.82) is 0 Å². The van der Waals surface area contributed by atoms with Crippen LogP contribution >= 0.6 is 12.2 Å². The van der Waals surface area contributed by atoms with Crippen LogP contribution in [0.5, 0.6) is 0 Å². The highest BCUT2D eigenvalue weighted by Gasteiger charge is 2.16. The zero-order valence-corrected chi connectivity index (χ0v) is 11.9. The summed E-state index contributed by atoms with van der Waals surface area (Å²) in [5, 5.41) is 11.7. The van der Waals surface area contributed by atoms with Crippen LogP contribution in [0, 0.1) is 4.77 Å². The number of imidazole rings is 1. The molecular weight excluding hydrogens is 272 g/mol. The van der Waals surface area contributed by atoms with E-state index in [1.807, 2.05) is 6.07 Å². The molecule has 0 radical (unpaired) electrons. The first-order chi connectivity index (χ1) is 9.81. The van der Waals surface area contributed by atoms with E-state index < -0.39 is 0 Å². The average molecular weight is 286 g/mol. The highest BCUT2D eigenvalue weighted by molar-refractivity contribution is 7.71. The summed E-state index contributed by atoms with van der Waals surface area (Å²) in [4.78, 5) is 0. The minimum atomic E-state index is 0.523. The number of nitrogens with zero attached hydrogens (tertiary/aromatic N) is 5. The number of hydrogen-bond donors (Lipinski definition) is 1. The van der Waals surface area contributed by atoms with Crippen LogP contribution in [0.4, 0.5) is 0 Å². The summed E-state index contributed by atoms with van der Waals surface area (Å²) in [5.41, 5.74) is 2.29. The summed E-state index contributed by atoms with van der Waals surface area (Å²) >= 11 is 5.21. The van der Waals surface area contributed by atoms with Crippen LogP contribution in [0.2, 0.25) is 0 Å². The minimum absolute atomic E-state index is 0.523. The molecule has 3 heterocycles. The Kier molecular flexibility index (Phi) is 2.43. The molecule has 0 bridgehead atoms. The van der Waals surface area contributed by atoms with E-state index in [0.29, 0.717) is 4.77 Å². The third kappa shape index (κ3) is 1.41. The molecule has 1 N–H and O–H groups in total. The molecule has 0 unspecified atom stereocenters. The number of benzene rings is 1. The van der Waals surface area contributed by atoms with Gasteiger partial charge in [-0.05, 0) is 30.8 Å². The molecule has 1 aromatic carbocycles. The summed E-state index contributed by atoms with van der Waals surface area (Å²) in [5.74, 6) is 1.62. The molecule has 0 aliphatic heterocycles. The largest absolute Gasteiger partial charge is 0.308 e. The molecule has 4 rings (SSSR count). The Labute approximate surface area is 119 Å². The number of nitrogens with one attached hydrogen (secondary N) is 1. The number of fused-ring (bicyclic) bond motifs is 5. The van der Waals surface area contributed by atoms with Gasteiger partial charge < -0.3 is 4.57 Å². The first-order valence-electron chi connectivity index (χ1n) is 6.74. The smallest absolute Gasteiger partial charge is 0.258 e. The number of aromatic amines is 1. The Morgan fingerprint density at radius 3 is 2.80 bits per heavy atom. The Bertz CT molecular complexity index is 969. The standard InChI is InChI=1S/C13H14N6S/c1-2-3-8-17-9-6-4-5-7-10(9)18-11-14-15-13(20)19(11)16-12(17)18/h4-7H,2-3,8H2,1H3,(H,15,20). The van der Waals surface area contributed by atoms with E-state index >= 15 is 0 Å². The van der Waals surface area contributed by atoms with Crippen LogP contribution in [0.1, 0.15) is 19.8 Å². The zero-order valence-electron chi connectivity index (χ0n) is 11.1. The van der Waals surface area contributed by atoms with Crippen molar-refractivity contribution in [2.24, 2.45) is 0 Å². The SMILES string of the molecule is CCCCn1c2ccccc2n2c1nn1c(=S)[nH]nc12. The Balaban J connectivity index is 2.18. The van der Waals surface area contributed by atoms with Crippen LogP contribution in [-0.2, 0) is 6.54 Å². The molecule has 4 aromatic rings. The van der Waals surface area contributed by atoms with E-state index in [-0.39, 0.29) is 0 Å². The van der Waals surface area contributed by atoms with E-state index in [0.717, 1.165) is 36.5 Å². The lowest BCUT2D eigenvalue weighted by molar-refractivity contribution is 0.654. The van der Waals surface area contributed by atoms with E-state index in [4.69, 9.17) is 12.2 Å². The van der Waals surface area contributed by atoms with Crippen molar-refractivity contribution in [2.75, 3.05) is 0 Å². The van der Waals surface area contributed by atoms with Gasteiger partial charge >= 0.3 is 0 Å². The second-order valence-electron chi connectivity index (χ2n) is 4.87. The molecule has 0 spiro atoms. The van der Waals surface area contributed by atoms with Gasteiger partial charge in [0.15, 0.2) is 0 Å². The van der Waals surface area contributed by atoms with Gasteiger partial charge in [-0.1, -0.05) is 25.5 Å². The van der Waals surface area contributed by atoms with Gasteiger partial charge in [0.25, 0.3) is 5.78 Å². The number of rotatable bonds is 3. The van der Waals surface area contributed by atoms with E-state index in [2.05, 4.69) is 49.4 Å². The molecule has 0 atom stereocenters. The third-order valence-corrected chi connectivity index (χ3v) is 3.88. The van der Waals surface area contributed by atoms with Gasteiger partial charge in [0, 0.05) is 6.54 Å². The van der Waals surface area contributed by atoms with Crippen LogP contribution in [0.15, 0.2) is 24.3 Å². The zero-order chi connectivity index (χ0) is 13.7. The molecule has 0 saturated carbocycles. The number of unbranched alkanes of at least 4 members (excludes halogenated alkanes) is 1. The van der Waals surface area contributed by atoms with Crippen molar-refractivity contribution in [3.63, 3.8) is 0 Å². The van der Waals surface area contributed by atoms with E-state index in [1.54, 1.807) is 4.52 Å². The van der Waals surface area contributed by atoms with Crippen molar-refractivity contribution in [1.82, 2.24) is 28.8 Å². The lowest BCUT2D eigenvalue weighted by atomic mass is 10.3. The molecule has 0 saturated heterocycles. The lowest BCUT2D eigenvalue weighted by Gasteiger charge is -2.02. The summed E-state index contributed by atoms with van der Waals surface area (Å²) < 4.78 is 6.49. The maximum absolute atomic E-state index is 5.21. The highest BCUT2D eigenvalue weighted by Crippen LogP contribution is 2.22. The predicted octanol–water partition coefficient (Wildman–Crippen LogP) is 2.79. The number of aromatic nitrogens is 6. The second kappa shape index (κ2) is 4.17. The van der Waals surface area contributed by atoms with Crippen LogP contribution in [0.25, 0.3) is 22.6 Å². The number of aryl methyl sites for hydroxylation is 1. The van der Waals surface area contributed by atoms with Crippen molar-refractivity contribution < 1.29 is 0 Å². The van der Waals surface area contributed by atoms with E-state index in [1.165, 1.54) is 5.52 Å². The van der Waals surface area contributed by atoms with Gasteiger partial charge in [0.2, 0.25) is 10.5 Å². The van der Waals surface area contributed by atoms with Crippen LogP contribution < -0.4 is 0 Å². The monoisotopic (exact) mass is 286 g/mol. The molecule has 3 aromatic heterocycles. The summed E-state index contributed by atoms with van der Waals surface area (Å²) in [7, 11) is 0. The average Bonchev–Trinajstić information content (AvgIpc) is 3.08. The van der Waals surface area contributed by atoms with Crippen molar-refractivity contribution in [3.05, 3.63) is 29.0 Å². The third-order valence-electron chi connectivity index (χ3n) is 3.61. The lowest BCUT2D eigenvalue weighted by Crippen LogP contribution is -1.99. The normalized spacial score (nSPS) is 12.1.